The number of ether oxygens (including phenoxy) is 2. The first kappa shape index (κ1) is 23.9. The van der Waals surface area contributed by atoms with Gasteiger partial charge < -0.3 is 19.9 Å². The maximum Gasteiger partial charge on any atom is 0.347 e. The standard InChI is InChI=1S/C27H29NO5/c1-18(16-19-10-13-22(14-11-19)33-27(2,3)26(30)31)28-25(29)23-17-21(12-15-24(23)32-4)20-8-6-5-7-9-20/h5-15,17-18H,16H2,1-4H3,(H,28,29)(H,30,31)/t18-/m0/s1. The molecule has 3 aromatic carbocycles. The Hall–Kier alpha value is -3.80. The molecule has 0 aliphatic rings. The van der Waals surface area contributed by atoms with Crippen LogP contribution >= 0.6 is 0 Å². The second-order valence-corrected chi connectivity index (χ2v) is 8.42. The van der Waals surface area contributed by atoms with Crippen LogP contribution in [-0.2, 0) is 11.2 Å². The summed E-state index contributed by atoms with van der Waals surface area (Å²) in [6.45, 7) is 4.94. The van der Waals surface area contributed by atoms with Crippen LogP contribution in [0.15, 0.2) is 72.8 Å². The molecule has 0 heterocycles. The van der Waals surface area contributed by atoms with Crippen molar-refractivity contribution in [2.75, 3.05) is 7.11 Å². The molecule has 3 rings (SSSR count). The number of hydrogen-bond acceptors (Lipinski definition) is 4. The molecule has 0 saturated heterocycles. The summed E-state index contributed by atoms with van der Waals surface area (Å²) in [5, 5.41) is 12.2. The number of carbonyl (C=O) groups is 2. The van der Waals surface area contributed by atoms with Gasteiger partial charge in [0.2, 0.25) is 0 Å². The number of rotatable bonds is 9. The Kier molecular flexibility index (Phi) is 7.38. The minimum atomic E-state index is -1.31. The normalized spacial score (nSPS) is 12.0. The molecule has 6 nitrogen and oxygen atoms in total. The zero-order chi connectivity index (χ0) is 24.0. The molecule has 1 atom stereocenters. The van der Waals surface area contributed by atoms with E-state index < -0.39 is 11.6 Å². The third-order valence-corrected chi connectivity index (χ3v) is 5.28. The number of benzene rings is 3. The van der Waals surface area contributed by atoms with Gasteiger partial charge in [0.05, 0.1) is 12.7 Å². The Labute approximate surface area is 194 Å². The minimum Gasteiger partial charge on any atom is -0.496 e. The van der Waals surface area contributed by atoms with Crippen molar-refractivity contribution in [1.82, 2.24) is 5.32 Å². The largest absolute Gasteiger partial charge is 0.496 e. The molecule has 0 radical (unpaired) electrons. The summed E-state index contributed by atoms with van der Waals surface area (Å²) in [6, 6.07) is 22.5. The van der Waals surface area contributed by atoms with Crippen molar-refractivity contribution in [1.29, 1.82) is 0 Å². The number of carboxylic acids is 1. The third-order valence-electron chi connectivity index (χ3n) is 5.28. The number of amides is 1. The van der Waals surface area contributed by atoms with Gasteiger partial charge in [0.25, 0.3) is 5.91 Å². The van der Waals surface area contributed by atoms with Crippen molar-refractivity contribution in [3.63, 3.8) is 0 Å². The summed E-state index contributed by atoms with van der Waals surface area (Å²) in [4.78, 5) is 24.2. The van der Waals surface area contributed by atoms with Crippen molar-refractivity contribution >= 4 is 11.9 Å². The van der Waals surface area contributed by atoms with E-state index in [-0.39, 0.29) is 11.9 Å². The lowest BCUT2D eigenvalue weighted by atomic mass is 10.0. The molecule has 2 N–H and O–H groups in total. The summed E-state index contributed by atoms with van der Waals surface area (Å²) in [7, 11) is 1.55. The highest BCUT2D eigenvalue weighted by atomic mass is 16.5. The zero-order valence-electron chi connectivity index (χ0n) is 19.3. The Bertz CT molecular complexity index is 1110. The summed E-state index contributed by atoms with van der Waals surface area (Å²) in [5.74, 6) is -0.248. The first-order valence-corrected chi connectivity index (χ1v) is 10.8. The summed E-state index contributed by atoms with van der Waals surface area (Å²) < 4.78 is 10.9. The maximum atomic E-state index is 13.0. The number of hydrogen-bond donors (Lipinski definition) is 2. The van der Waals surface area contributed by atoms with Crippen molar-refractivity contribution in [2.24, 2.45) is 0 Å². The van der Waals surface area contributed by atoms with E-state index >= 15 is 0 Å². The van der Waals surface area contributed by atoms with Crippen LogP contribution in [0.25, 0.3) is 11.1 Å². The van der Waals surface area contributed by atoms with E-state index in [1.807, 2.05) is 61.5 Å². The van der Waals surface area contributed by atoms with Gasteiger partial charge in [-0.25, -0.2) is 4.79 Å². The molecular weight excluding hydrogens is 418 g/mol. The van der Waals surface area contributed by atoms with E-state index in [0.29, 0.717) is 23.5 Å². The lowest BCUT2D eigenvalue weighted by molar-refractivity contribution is -0.152. The van der Waals surface area contributed by atoms with Gasteiger partial charge in [-0.15, -0.1) is 0 Å². The molecule has 6 heteroatoms. The van der Waals surface area contributed by atoms with Gasteiger partial charge in [0.1, 0.15) is 11.5 Å². The number of carboxylic acid groups (broad SMARTS) is 1. The Balaban J connectivity index is 1.68. The second kappa shape index (κ2) is 10.2. The van der Waals surface area contributed by atoms with Crippen LogP contribution in [0.1, 0.15) is 36.7 Å². The van der Waals surface area contributed by atoms with Crippen LogP contribution in [-0.4, -0.2) is 35.7 Å². The van der Waals surface area contributed by atoms with E-state index in [1.54, 1.807) is 25.3 Å². The molecule has 0 unspecified atom stereocenters. The quantitative estimate of drug-likeness (QED) is 0.484. The monoisotopic (exact) mass is 447 g/mol. The Morgan fingerprint density at radius 3 is 2.24 bits per heavy atom. The minimum absolute atomic E-state index is 0.134. The number of aliphatic carboxylic acids is 1. The fraction of sp³-hybridized carbons (Fsp3) is 0.259. The average Bonchev–Trinajstić information content (AvgIpc) is 2.80. The summed E-state index contributed by atoms with van der Waals surface area (Å²) >= 11 is 0. The van der Waals surface area contributed by atoms with Crippen LogP contribution in [0, 0.1) is 0 Å². The van der Waals surface area contributed by atoms with Gasteiger partial charge in [-0.3, -0.25) is 4.79 Å². The number of methoxy groups -OCH3 is 1. The molecule has 0 fully saturated rings. The van der Waals surface area contributed by atoms with E-state index in [4.69, 9.17) is 9.47 Å². The van der Waals surface area contributed by atoms with Crippen LogP contribution in [0.4, 0.5) is 0 Å². The fourth-order valence-corrected chi connectivity index (χ4v) is 3.43. The molecule has 33 heavy (non-hydrogen) atoms. The highest BCUT2D eigenvalue weighted by molar-refractivity contribution is 5.98. The smallest absolute Gasteiger partial charge is 0.347 e. The molecule has 0 aliphatic carbocycles. The molecule has 0 spiro atoms. The zero-order valence-corrected chi connectivity index (χ0v) is 19.3. The lowest BCUT2D eigenvalue weighted by Crippen LogP contribution is -2.37. The van der Waals surface area contributed by atoms with Crippen LogP contribution in [0.3, 0.4) is 0 Å². The topological polar surface area (TPSA) is 84.9 Å². The molecule has 0 aliphatic heterocycles. The van der Waals surface area contributed by atoms with Gasteiger partial charge >= 0.3 is 5.97 Å². The highest BCUT2D eigenvalue weighted by Crippen LogP contribution is 2.27. The number of nitrogens with one attached hydrogen (secondary N) is 1. The summed E-state index contributed by atoms with van der Waals surface area (Å²) in [6.07, 6.45) is 0.606. The molecular formula is C27H29NO5. The van der Waals surface area contributed by atoms with Gasteiger partial charge in [-0.2, -0.15) is 0 Å². The van der Waals surface area contributed by atoms with Crippen molar-refractivity contribution in [3.05, 3.63) is 83.9 Å². The second-order valence-electron chi connectivity index (χ2n) is 8.42. The Morgan fingerprint density at radius 2 is 1.64 bits per heavy atom. The predicted octanol–water partition coefficient (Wildman–Crippen LogP) is 4.97. The molecule has 3 aromatic rings. The molecule has 0 saturated carbocycles. The van der Waals surface area contributed by atoms with Gasteiger partial charge in [-0.05, 0) is 68.1 Å². The van der Waals surface area contributed by atoms with Crippen LogP contribution < -0.4 is 14.8 Å². The van der Waals surface area contributed by atoms with Gasteiger partial charge in [0.15, 0.2) is 5.60 Å². The van der Waals surface area contributed by atoms with E-state index in [0.717, 1.165) is 16.7 Å². The first-order valence-electron chi connectivity index (χ1n) is 10.8. The van der Waals surface area contributed by atoms with Crippen molar-refractivity contribution in [3.8, 4) is 22.6 Å². The van der Waals surface area contributed by atoms with Gasteiger partial charge in [0, 0.05) is 6.04 Å². The van der Waals surface area contributed by atoms with E-state index in [9.17, 15) is 14.7 Å². The van der Waals surface area contributed by atoms with Crippen LogP contribution in [0.5, 0.6) is 11.5 Å². The molecule has 172 valence electrons. The highest BCUT2D eigenvalue weighted by Gasteiger charge is 2.29. The average molecular weight is 448 g/mol. The molecule has 0 bridgehead atoms. The van der Waals surface area contributed by atoms with Gasteiger partial charge in [-0.1, -0.05) is 48.5 Å². The third kappa shape index (κ3) is 6.13. The van der Waals surface area contributed by atoms with E-state index in [1.165, 1.54) is 13.8 Å². The molecule has 0 aromatic heterocycles. The maximum absolute atomic E-state index is 13.0. The first-order chi connectivity index (χ1) is 15.7. The SMILES string of the molecule is COc1ccc(-c2ccccc2)cc1C(=O)N[C@@H](C)Cc1ccc(OC(C)(C)C(=O)O)cc1. The predicted molar refractivity (Wildman–Crippen MR) is 128 cm³/mol. The van der Waals surface area contributed by atoms with Crippen LogP contribution in [0.2, 0.25) is 0 Å². The molecule has 1 amide bonds. The van der Waals surface area contributed by atoms with E-state index in [2.05, 4.69) is 5.32 Å². The Morgan fingerprint density at radius 1 is 0.970 bits per heavy atom. The van der Waals surface area contributed by atoms with Crippen molar-refractivity contribution < 1.29 is 24.2 Å². The number of carbonyl (C=O) groups excluding carboxylic acids is 1. The van der Waals surface area contributed by atoms with Crippen molar-refractivity contribution in [2.45, 2.75) is 38.8 Å². The lowest BCUT2D eigenvalue weighted by Gasteiger charge is -2.21. The summed E-state index contributed by atoms with van der Waals surface area (Å²) in [5.41, 5.74) is 2.12. The fourth-order valence-electron chi connectivity index (χ4n) is 3.43.